The highest BCUT2D eigenvalue weighted by atomic mass is 16.5. The smallest absolute Gasteiger partial charge is 0.237 e. The Kier molecular flexibility index (Phi) is 4.23. The topological polar surface area (TPSA) is 62.8 Å². The van der Waals surface area contributed by atoms with Gasteiger partial charge in [0.05, 0.1) is 36.2 Å². The first kappa shape index (κ1) is 17.7. The number of anilines is 3. The molecule has 2 aliphatic heterocycles. The molecule has 0 spiro atoms. The van der Waals surface area contributed by atoms with Crippen LogP contribution in [0, 0.1) is 0 Å². The molecule has 2 aromatic carbocycles. The normalized spacial score (nSPS) is 19.3. The van der Waals surface area contributed by atoms with E-state index in [-0.39, 0.29) is 12.1 Å². The Labute approximate surface area is 159 Å². The molecule has 0 fully saturated rings. The van der Waals surface area contributed by atoms with Gasteiger partial charge in [-0.05, 0) is 49.2 Å². The van der Waals surface area contributed by atoms with Crippen molar-refractivity contribution >= 4 is 23.0 Å². The first-order valence-electron chi connectivity index (χ1n) is 9.12. The van der Waals surface area contributed by atoms with Crippen LogP contribution in [0.4, 0.5) is 17.1 Å². The molecule has 0 aliphatic carbocycles. The summed E-state index contributed by atoms with van der Waals surface area (Å²) in [5.41, 5.74) is 4.61. The van der Waals surface area contributed by atoms with Gasteiger partial charge in [-0.2, -0.15) is 0 Å². The summed E-state index contributed by atoms with van der Waals surface area (Å²) in [6, 6.07) is 12.2. The SMILES string of the molecule is COCCN1C(=O)C(C)(C)c2cc3c(cc21)NC(c1ccc(OC)cc1)N3. The summed E-state index contributed by atoms with van der Waals surface area (Å²) < 4.78 is 10.4. The molecule has 0 bridgehead atoms. The lowest BCUT2D eigenvalue weighted by Gasteiger charge is -2.20. The molecular weight excluding hydrogens is 342 g/mol. The fraction of sp³-hybridized carbons (Fsp3) is 0.381. The third-order valence-corrected chi connectivity index (χ3v) is 5.45. The van der Waals surface area contributed by atoms with Crippen LogP contribution >= 0.6 is 0 Å². The molecule has 2 aliphatic rings. The van der Waals surface area contributed by atoms with Crippen molar-refractivity contribution in [2.45, 2.75) is 25.4 Å². The second-order valence-corrected chi connectivity index (χ2v) is 7.48. The third-order valence-electron chi connectivity index (χ3n) is 5.45. The molecule has 27 heavy (non-hydrogen) atoms. The Bertz CT molecular complexity index is 877. The van der Waals surface area contributed by atoms with Crippen molar-refractivity contribution in [1.29, 1.82) is 0 Å². The minimum Gasteiger partial charge on any atom is -0.497 e. The van der Waals surface area contributed by atoms with Crippen LogP contribution in [0.2, 0.25) is 0 Å². The van der Waals surface area contributed by atoms with E-state index in [0.29, 0.717) is 13.2 Å². The zero-order valence-electron chi connectivity index (χ0n) is 16.1. The second kappa shape index (κ2) is 6.46. The lowest BCUT2D eigenvalue weighted by molar-refractivity contribution is -0.122. The first-order chi connectivity index (χ1) is 13.0. The number of ether oxygens (including phenoxy) is 2. The van der Waals surface area contributed by atoms with E-state index in [1.165, 1.54) is 0 Å². The predicted octanol–water partition coefficient (Wildman–Crippen LogP) is 3.50. The average molecular weight is 367 g/mol. The molecule has 0 saturated heterocycles. The van der Waals surface area contributed by atoms with E-state index < -0.39 is 5.41 Å². The largest absolute Gasteiger partial charge is 0.497 e. The molecule has 6 heteroatoms. The zero-order chi connectivity index (χ0) is 19.2. The van der Waals surface area contributed by atoms with Crippen molar-refractivity contribution < 1.29 is 14.3 Å². The van der Waals surface area contributed by atoms with Crippen LogP contribution in [-0.4, -0.2) is 33.3 Å². The minimum atomic E-state index is -0.544. The van der Waals surface area contributed by atoms with E-state index in [0.717, 1.165) is 33.9 Å². The Morgan fingerprint density at radius 3 is 2.37 bits per heavy atom. The van der Waals surface area contributed by atoms with Crippen molar-refractivity contribution in [3.05, 3.63) is 47.5 Å². The molecule has 1 unspecified atom stereocenters. The maximum absolute atomic E-state index is 12.9. The molecule has 0 saturated carbocycles. The summed E-state index contributed by atoms with van der Waals surface area (Å²) in [7, 11) is 3.32. The van der Waals surface area contributed by atoms with Gasteiger partial charge in [-0.3, -0.25) is 4.79 Å². The number of nitrogens with zero attached hydrogens (tertiary/aromatic N) is 1. The van der Waals surface area contributed by atoms with Crippen LogP contribution in [0.3, 0.4) is 0 Å². The highest BCUT2D eigenvalue weighted by Gasteiger charge is 2.44. The van der Waals surface area contributed by atoms with Gasteiger partial charge in [0, 0.05) is 13.7 Å². The Morgan fingerprint density at radius 1 is 1.07 bits per heavy atom. The molecular formula is C21H25N3O3. The van der Waals surface area contributed by atoms with Crippen molar-refractivity contribution in [3.8, 4) is 5.75 Å². The van der Waals surface area contributed by atoms with Crippen molar-refractivity contribution in [1.82, 2.24) is 0 Å². The van der Waals surface area contributed by atoms with Crippen molar-refractivity contribution in [2.75, 3.05) is 42.9 Å². The van der Waals surface area contributed by atoms with Crippen LogP contribution in [-0.2, 0) is 14.9 Å². The highest BCUT2D eigenvalue weighted by Crippen LogP contribution is 2.48. The highest BCUT2D eigenvalue weighted by molar-refractivity contribution is 6.09. The van der Waals surface area contributed by atoms with Gasteiger partial charge in [0.25, 0.3) is 0 Å². The maximum Gasteiger partial charge on any atom is 0.237 e. The summed E-state index contributed by atoms with van der Waals surface area (Å²) in [5.74, 6) is 0.951. The molecule has 0 radical (unpaired) electrons. The molecule has 2 heterocycles. The summed E-state index contributed by atoms with van der Waals surface area (Å²) in [6.45, 7) is 5.03. The summed E-state index contributed by atoms with van der Waals surface area (Å²) in [5, 5.41) is 7.04. The van der Waals surface area contributed by atoms with Gasteiger partial charge < -0.3 is 25.0 Å². The molecule has 0 aromatic heterocycles. The minimum absolute atomic E-state index is 0.0142. The number of nitrogens with one attached hydrogen (secondary N) is 2. The van der Waals surface area contributed by atoms with Gasteiger partial charge in [-0.15, -0.1) is 0 Å². The summed E-state index contributed by atoms with van der Waals surface area (Å²) >= 11 is 0. The molecule has 6 nitrogen and oxygen atoms in total. The number of methoxy groups -OCH3 is 2. The number of carbonyl (C=O) groups excluding carboxylic acids is 1. The second-order valence-electron chi connectivity index (χ2n) is 7.48. The molecule has 4 rings (SSSR count). The zero-order valence-corrected chi connectivity index (χ0v) is 16.1. The number of hydrogen-bond donors (Lipinski definition) is 2. The lowest BCUT2D eigenvalue weighted by atomic mass is 9.86. The predicted molar refractivity (Wildman–Crippen MR) is 107 cm³/mol. The van der Waals surface area contributed by atoms with E-state index in [2.05, 4.69) is 22.8 Å². The van der Waals surface area contributed by atoms with E-state index >= 15 is 0 Å². The average Bonchev–Trinajstić information content (AvgIpc) is 3.17. The van der Waals surface area contributed by atoms with Crippen LogP contribution in [0.15, 0.2) is 36.4 Å². The number of carbonyl (C=O) groups is 1. The van der Waals surface area contributed by atoms with Crippen LogP contribution in [0.1, 0.15) is 31.1 Å². The van der Waals surface area contributed by atoms with Gasteiger partial charge in [-0.1, -0.05) is 12.1 Å². The number of rotatable bonds is 5. The Balaban J connectivity index is 1.65. The van der Waals surface area contributed by atoms with Crippen molar-refractivity contribution in [2.24, 2.45) is 0 Å². The summed E-state index contributed by atoms with van der Waals surface area (Å²) in [4.78, 5) is 14.7. The molecule has 1 amide bonds. The summed E-state index contributed by atoms with van der Waals surface area (Å²) in [6.07, 6.45) is -0.0142. The molecule has 1 atom stereocenters. The monoisotopic (exact) mass is 367 g/mol. The quantitative estimate of drug-likeness (QED) is 0.847. The van der Waals surface area contributed by atoms with Crippen LogP contribution < -0.4 is 20.3 Å². The maximum atomic E-state index is 12.9. The van der Waals surface area contributed by atoms with Crippen molar-refractivity contribution in [3.63, 3.8) is 0 Å². The standard InChI is InChI=1S/C21H25N3O3/c1-21(2)15-11-16-17(12-18(15)24(20(21)25)9-10-26-3)23-19(22-16)13-5-7-14(27-4)8-6-13/h5-8,11-12,19,22-23H,9-10H2,1-4H3. The Morgan fingerprint density at radius 2 is 1.74 bits per heavy atom. The number of fused-ring (bicyclic) bond motifs is 2. The fourth-order valence-electron chi connectivity index (χ4n) is 3.83. The van der Waals surface area contributed by atoms with E-state index in [4.69, 9.17) is 9.47 Å². The van der Waals surface area contributed by atoms with Crippen LogP contribution in [0.25, 0.3) is 0 Å². The third kappa shape index (κ3) is 2.80. The van der Waals surface area contributed by atoms with Gasteiger partial charge >= 0.3 is 0 Å². The lowest BCUT2D eigenvalue weighted by Crippen LogP contribution is -2.38. The van der Waals surface area contributed by atoms with E-state index in [1.54, 1.807) is 14.2 Å². The molecule has 142 valence electrons. The van der Waals surface area contributed by atoms with E-state index in [9.17, 15) is 4.79 Å². The van der Waals surface area contributed by atoms with Crippen LogP contribution in [0.5, 0.6) is 5.75 Å². The van der Waals surface area contributed by atoms with Gasteiger partial charge in [0.2, 0.25) is 5.91 Å². The fourth-order valence-corrected chi connectivity index (χ4v) is 3.83. The van der Waals surface area contributed by atoms with Gasteiger partial charge in [0.1, 0.15) is 11.9 Å². The number of amides is 1. The molecule has 2 N–H and O–H groups in total. The van der Waals surface area contributed by atoms with Gasteiger partial charge in [-0.25, -0.2) is 0 Å². The Hall–Kier alpha value is -2.73. The first-order valence-corrected chi connectivity index (χ1v) is 9.12. The number of benzene rings is 2. The van der Waals surface area contributed by atoms with Gasteiger partial charge in [0.15, 0.2) is 0 Å². The molecule has 2 aromatic rings. The number of hydrogen-bond acceptors (Lipinski definition) is 5. The van der Waals surface area contributed by atoms with E-state index in [1.807, 2.05) is 43.0 Å².